The second-order valence-electron chi connectivity index (χ2n) is 8.81. The van der Waals surface area contributed by atoms with Crippen LogP contribution >= 0.6 is 15.9 Å². The van der Waals surface area contributed by atoms with E-state index < -0.39 is 41.8 Å². The Bertz CT molecular complexity index is 547. The van der Waals surface area contributed by atoms with Crippen LogP contribution in [-0.2, 0) is 14.2 Å². The van der Waals surface area contributed by atoms with Crippen molar-refractivity contribution in [2.75, 3.05) is 25.7 Å². The Hall–Kier alpha value is 0.0700. The summed E-state index contributed by atoms with van der Waals surface area (Å²) in [6.45, 7) is 4.46. The van der Waals surface area contributed by atoms with E-state index in [9.17, 15) is 23.4 Å². The van der Waals surface area contributed by atoms with E-state index in [0.29, 0.717) is 31.0 Å². The van der Waals surface area contributed by atoms with Gasteiger partial charge in [0.1, 0.15) is 0 Å². The zero-order valence-electron chi connectivity index (χ0n) is 17.6. The molecule has 0 aromatic heterocycles. The van der Waals surface area contributed by atoms with Gasteiger partial charge in [-0.1, -0.05) is 29.8 Å². The lowest BCUT2D eigenvalue weighted by Crippen LogP contribution is -2.69. The second-order valence-corrected chi connectivity index (χ2v) is 9.60. The van der Waals surface area contributed by atoms with Crippen LogP contribution in [0.4, 0.5) is 13.2 Å². The first-order valence-electron chi connectivity index (χ1n) is 10.2. The molecule has 1 aliphatic carbocycles. The third kappa shape index (κ3) is 4.95. The van der Waals surface area contributed by atoms with Crippen LogP contribution in [0.2, 0.25) is 0 Å². The zero-order chi connectivity index (χ0) is 22.1. The van der Waals surface area contributed by atoms with E-state index in [-0.39, 0.29) is 24.9 Å². The highest BCUT2D eigenvalue weighted by Crippen LogP contribution is 2.57. The Morgan fingerprint density at radius 2 is 1.90 bits per heavy atom. The fraction of sp³-hybridized carbons (Fsp3) is 1.00. The van der Waals surface area contributed by atoms with Gasteiger partial charge in [-0.2, -0.15) is 13.2 Å². The summed E-state index contributed by atoms with van der Waals surface area (Å²) >= 11 is 3.20. The van der Waals surface area contributed by atoms with Crippen molar-refractivity contribution in [2.45, 2.75) is 76.2 Å². The molecule has 5 nitrogen and oxygen atoms in total. The first kappa shape index (κ1) is 25.3. The minimum absolute atomic E-state index is 0.0865. The molecule has 0 aromatic carbocycles. The van der Waals surface area contributed by atoms with Gasteiger partial charge < -0.3 is 24.4 Å². The maximum Gasteiger partial charge on any atom is 0.443 e. The van der Waals surface area contributed by atoms with Crippen molar-refractivity contribution in [1.82, 2.24) is 0 Å². The monoisotopic (exact) mass is 490 g/mol. The molecule has 0 radical (unpaired) electrons. The molecule has 1 saturated heterocycles. The van der Waals surface area contributed by atoms with Crippen molar-refractivity contribution in [3.05, 3.63) is 0 Å². The first-order valence-corrected chi connectivity index (χ1v) is 11.4. The molecule has 1 heterocycles. The number of methoxy groups -OCH3 is 1. The van der Waals surface area contributed by atoms with Crippen molar-refractivity contribution in [1.29, 1.82) is 0 Å². The van der Waals surface area contributed by atoms with Crippen LogP contribution in [0, 0.1) is 23.7 Å². The molecule has 2 fully saturated rings. The smallest absolute Gasteiger partial charge is 0.387 e. The van der Waals surface area contributed by atoms with Crippen molar-refractivity contribution in [2.24, 2.45) is 23.7 Å². The number of rotatable bonds is 8. The van der Waals surface area contributed by atoms with Crippen LogP contribution in [0.1, 0.15) is 52.9 Å². The molecule has 1 aliphatic heterocycles. The zero-order valence-corrected chi connectivity index (χ0v) is 19.2. The molecular formula is C20H34BrF3O5. The molecule has 0 bridgehead atoms. The van der Waals surface area contributed by atoms with Crippen LogP contribution in [-0.4, -0.2) is 59.2 Å². The molecule has 2 aliphatic rings. The van der Waals surface area contributed by atoms with Crippen molar-refractivity contribution in [3.8, 4) is 0 Å². The van der Waals surface area contributed by atoms with Crippen molar-refractivity contribution < 1.29 is 37.6 Å². The summed E-state index contributed by atoms with van der Waals surface area (Å²) in [6, 6.07) is 0. The third-order valence-corrected chi connectivity index (χ3v) is 7.53. The summed E-state index contributed by atoms with van der Waals surface area (Å²) in [7, 11) is 1.40. The molecule has 0 amide bonds. The molecule has 0 aromatic rings. The van der Waals surface area contributed by atoms with Crippen LogP contribution < -0.4 is 0 Å². The average molecular weight is 491 g/mol. The summed E-state index contributed by atoms with van der Waals surface area (Å²) < 4.78 is 58.0. The normalized spacial score (nSPS) is 40.3. The number of hydrogen-bond donors (Lipinski definition) is 2. The van der Waals surface area contributed by atoms with Gasteiger partial charge >= 0.3 is 6.18 Å². The molecule has 29 heavy (non-hydrogen) atoms. The van der Waals surface area contributed by atoms with Gasteiger partial charge in [-0.05, 0) is 50.4 Å². The molecule has 7 atom stereocenters. The first-order chi connectivity index (χ1) is 13.3. The Labute approximate surface area is 179 Å². The molecule has 0 unspecified atom stereocenters. The highest BCUT2D eigenvalue weighted by atomic mass is 79.9. The maximum absolute atomic E-state index is 14.1. The Morgan fingerprint density at radius 1 is 1.24 bits per heavy atom. The second kappa shape index (κ2) is 9.28. The van der Waals surface area contributed by atoms with Gasteiger partial charge in [0.05, 0.1) is 18.8 Å². The van der Waals surface area contributed by atoms with Crippen LogP contribution in [0.15, 0.2) is 0 Å². The minimum Gasteiger partial charge on any atom is -0.387 e. The van der Waals surface area contributed by atoms with Crippen LogP contribution in [0.3, 0.4) is 0 Å². The average Bonchev–Trinajstić information content (AvgIpc) is 2.62. The number of alkyl halides is 4. The molecule has 0 spiro atoms. The van der Waals surface area contributed by atoms with Crippen molar-refractivity contribution >= 4 is 15.9 Å². The molecule has 2 N–H and O–H groups in total. The highest BCUT2D eigenvalue weighted by Gasteiger charge is 2.69. The van der Waals surface area contributed by atoms with Gasteiger partial charge in [0.25, 0.3) is 5.79 Å². The summed E-state index contributed by atoms with van der Waals surface area (Å²) in [6.07, 6.45) is -2.42. The molecule has 9 heteroatoms. The van der Waals surface area contributed by atoms with Gasteiger partial charge in [-0.25, -0.2) is 0 Å². The Morgan fingerprint density at radius 3 is 2.45 bits per heavy atom. The number of hydrogen-bond acceptors (Lipinski definition) is 5. The summed E-state index contributed by atoms with van der Waals surface area (Å²) in [5, 5.41) is 22.3. The maximum atomic E-state index is 14.1. The quantitative estimate of drug-likeness (QED) is 0.302. The van der Waals surface area contributed by atoms with E-state index in [4.69, 9.17) is 14.2 Å². The number of ether oxygens (including phenoxy) is 3. The predicted molar refractivity (Wildman–Crippen MR) is 105 cm³/mol. The summed E-state index contributed by atoms with van der Waals surface area (Å²) in [5.74, 6) is -5.95. The Kier molecular flexibility index (Phi) is 8.11. The Balaban J connectivity index is 2.29. The van der Waals surface area contributed by atoms with Gasteiger partial charge in [-0.3, -0.25) is 0 Å². The van der Waals surface area contributed by atoms with E-state index in [0.717, 1.165) is 0 Å². The van der Waals surface area contributed by atoms with Gasteiger partial charge in [-0.15, -0.1) is 0 Å². The third-order valence-electron chi connectivity index (χ3n) is 6.97. The molecular weight excluding hydrogens is 457 g/mol. The number of halogens is 4. The lowest BCUT2D eigenvalue weighted by Gasteiger charge is -2.58. The lowest BCUT2D eigenvalue weighted by atomic mass is 9.57. The fourth-order valence-electron chi connectivity index (χ4n) is 5.11. The SMILES string of the molecule is CO[C@@](C)(O)CC[C@H]1[C@H](C)CC[C@H]2[C@@H](C)[C@](OCCCBr)(C(F)(F)F)OC[C@@]12O. The largest absolute Gasteiger partial charge is 0.443 e. The minimum atomic E-state index is -4.71. The van der Waals surface area contributed by atoms with Crippen molar-refractivity contribution in [3.63, 3.8) is 0 Å². The summed E-state index contributed by atoms with van der Waals surface area (Å²) in [4.78, 5) is 0. The molecule has 2 rings (SSSR count). The molecule has 172 valence electrons. The fourth-order valence-corrected chi connectivity index (χ4v) is 5.34. The highest BCUT2D eigenvalue weighted by molar-refractivity contribution is 9.09. The van der Waals surface area contributed by atoms with Gasteiger partial charge in [0.15, 0.2) is 5.79 Å². The van der Waals surface area contributed by atoms with E-state index in [1.54, 1.807) is 0 Å². The molecule has 1 saturated carbocycles. The van der Waals surface area contributed by atoms with E-state index in [1.807, 2.05) is 6.92 Å². The predicted octanol–water partition coefficient (Wildman–Crippen LogP) is 4.24. The van der Waals surface area contributed by atoms with Gasteiger partial charge in [0.2, 0.25) is 0 Å². The van der Waals surface area contributed by atoms with E-state index in [2.05, 4.69) is 15.9 Å². The standard InChI is InChI=1S/C20H34BrF3O5/c1-13-6-7-16-14(2)19(20(22,23)24,28-11-5-10-21)29-12-18(16,26)15(13)8-9-17(3,25)27-4/h13-16,25-26H,5-12H2,1-4H3/t13-,14-,15+,16+,17-,18-,19-/m1/s1. The van der Waals surface area contributed by atoms with Crippen LogP contribution in [0.5, 0.6) is 0 Å². The number of aliphatic hydroxyl groups is 2. The van der Waals surface area contributed by atoms with Gasteiger partial charge in [0, 0.05) is 24.8 Å². The lowest BCUT2D eigenvalue weighted by molar-refractivity contribution is -0.439. The number of fused-ring (bicyclic) bond motifs is 1. The summed E-state index contributed by atoms with van der Waals surface area (Å²) in [5.41, 5.74) is -1.41. The van der Waals surface area contributed by atoms with E-state index >= 15 is 0 Å². The van der Waals surface area contributed by atoms with Crippen LogP contribution in [0.25, 0.3) is 0 Å². The van der Waals surface area contributed by atoms with E-state index in [1.165, 1.54) is 21.0 Å². The topological polar surface area (TPSA) is 68.2 Å².